The van der Waals surface area contributed by atoms with Crippen molar-refractivity contribution in [3.05, 3.63) is 64.6 Å². The molecule has 17 heavy (non-hydrogen) atoms. The summed E-state index contributed by atoms with van der Waals surface area (Å²) in [7, 11) is 0. The van der Waals surface area contributed by atoms with Crippen molar-refractivity contribution in [2.75, 3.05) is 5.01 Å². The van der Waals surface area contributed by atoms with E-state index < -0.39 is 0 Å². The van der Waals surface area contributed by atoms with Crippen molar-refractivity contribution < 1.29 is 4.79 Å². The average Bonchev–Trinajstić information content (AvgIpc) is 2.39. The second-order valence-corrected chi connectivity index (χ2v) is 4.43. The molecule has 0 aliphatic carbocycles. The number of halogens is 1. The second kappa shape index (κ2) is 5.12. The lowest BCUT2D eigenvalue weighted by Crippen LogP contribution is -2.37. The van der Waals surface area contributed by atoms with Crippen molar-refractivity contribution in [1.29, 1.82) is 0 Å². The van der Waals surface area contributed by atoms with Gasteiger partial charge in [-0.3, -0.25) is 4.79 Å². The zero-order valence-corrected chi connectivity index (χ0v) is 10.6. The lowest BCUT2D eigenvalue weighted by molar-refractivity contribution is 0.0987. The lowest BCUT2D eigenvalue weighted by Gasteiger charge is -2.16. The standard InChI is InChI=1S/C13H11BrN2O/c14-11-6-8-12(9-7-11)16(15)13(17)10-4-2-1-3-5-10/h1-9H,15H2. The number of amides is 1. The number of hydrogen-bond donors (Lipinski definition) is 1. The van der Waals surface area contributed by atoms with E-state index in [-0.39, 0.29) is 5.91 Å². The molecular weight excluding hydrogens is 280 g/mol. The van der Waals surface area contributed by atoms with Gasteiger partial charge in [-0.2, -0.15) is 0 Å². The minimum Gasteiger partial charge on any atom is -0.267 e. The van der Waals surface area contributed by atoms with Crippen molar-refractivity contribution in [1.82, 2.24) is 0 Å². The van der Waals surface area contributed by atoms with E-state index in [4.69, 9.17) is 5.84 Å². The van der Waals surface area contributed by atoms with E-state index >= 15 is 0 Å². The minimum absolute atomic E-state index is 0.229. The predicted octanol–water partition coefficient (Wildman–Crippen LogP) is 2.97. The summed E-state index contributed by atoms with van der Waals surface area (Å²) in [4.78, 5) is 12.0. The van der Waals surface area contributed by atoms with Gasteiger partial charge in [0.15, 0.2) is 0 Å². The van der Waals surface area contributed by atoms with Crippen molar-refractivity contribution >= 4 is 27.5 Å². The number of hydrazine groups is 1. The second-order valence-electron chi connectivity index (χ2n) is 3.52. The molecule has 0 unspecified atom stereocenters. The van der Waals surface area contributed by atoms with Crippen LogP contribution in [0, 0.1) is 0 Å². The van der Waals surface area contributed by atoms with Crippen LogP contribution in [0.15, 0.2) is 59.1 Å². The summed E-state index contributed by atoms with van der Waals surface area (Å²) in [5.74, 6) is 5.56. The molecule has 2 N–H and O–H groups in total. The van der Waals surface area contributed by atoms with Gasteiger partial charge < -0.3 is 0 Å². The molecule has 0 fully saturated rings. The maximum Gasteiger partial charge on any atom is 0.272 e. The molecule has 0 heterocycles. The van der Waals surface area contributed by atoms with E-state index in [9.17, 15) is 4.79 Å². The first-order chi connectivity index (χ1) is 8.18. The molecule has 2 aromatic carbocycles. The van der Waals surface area contributed by atoms with Gasteiger partial charge in [-0.1, -0.05) is 34.1 Å². The smallest absolute Gasteiger partial charge is 0.267 e. The van der Waals surface area contributed by atoms with Gasteiger partial charge in [-0.15, -0.1) is 0 Å². The maximum atomic E-state index is 12.0. The quantitative estimate of drug-likeness (QED) is 0.525. The maximum absolute atomic E-state index is 12.0. The highest BCUT2D eigenvalue weighted by molar-refractivity contribution is 9.10. The van der Waals surface area contributed by atoms with Crippen LogP contribution in [0.5, 0.6) is 0 Å². The molecule has 0 spiro atoms. The fourth-order valence-corrected chi connectivity index (χ4v) is 1.70. The molecule has 0 saturated heterocycles. The molecular formula is C13H11BrN2O. The molecule has 2 aromatic rings. The minimum atomic E-state index is -0.229. The molecule has 0 radical (unpaired) electrons. The fourth-order valence-electron chi connectivity index (χ4n) is 1.44. The Labute approximate surface area is 108 Å². The molecule has 0 aliphatic heterocycles. The van der Waals surface area contributed by atoms with Gasteiger partial charge in [0.25, 0.3) is 5.91 Å². The van der Waals surface area contributed by atoms with Crippen LogP contribution in [0.2, 0.25) is 0 Å². The third kappa shape index (κ3) is 2.72. The fraction of sp³-hybridized carbons (Fsp3) is 0. The van der Waals surface area contributed by atoms with Crippen LogP contribution in [-0.2, 0) is 0 Å². The Kier molecular flexibility index (Phi) is 3.56. The normalized spacial score (nSPS) is 10.0. The van der Waals surface area contributed by atoms with Crippen LogP contribution < -0.4 is 10.9 Å². The molecule has 0 aliphatic rings. The van der Waals surface area contributed by atoms with Crippen LogP contribution in [0.3, 0.4) is 0 Å². The van der Waals surface area contributed by atoms with E-state index in [2.05, 4.69) is 15.9 Å². The summed E-state index contributed by atoms with van der Waals surface area (Å²) in [6.07, 6.45) is 0. The molecule has 86 valence electrons. The van der Waals surface area contributed by atoms with E-state index in [1.54, 1.807) is 24.3 Å². The van der Waals surface area contributed by atoms with Gasteiger partial charge in [0, 0.05) is 10.0 Å². The van der Waals surface area contributed by atoms with Crippen molar-refractivity contribution in [3.63, 3.8) is 0 Å². The van der Waals surface area contributed by atoms with Crippen molar-refractivity contribution in [2.24, 2.45) is 5.84 Å². The topological polar surface area (TPSA) is 46.3 Å². The predicted molar refractivity (Wildman–Crippen MR) is 71.6 cm³/mol. The Morgan fingerprint density at radius 1 is 1.00 bits per heavy atom. The lowest BCUT2D eigenvalue weighted by atomic mass is 10.2. The van der Waals surface area contributed by atoms with E-state index in [1.807, 2.05) is 30.3 Å². The number of nitrogens with two attached hydrogens (primary N) is 1. The largest absolute Gasteiger partial charge is 0.272 e. The zero-order chi connectivity index (χ0) is 12.3. The summed E-state index contributed by atoms with van der Waals surface area (Å²) >= 11 is 3.33. The zero-order valence-electron chi connectivity index (χ0n) is 9.01. The Bertz CT molecular complexity index is 511. The first-order valence-electron chi connectivity index (χ1n) is 5.08. The monoisotopic (exact) mass is 290 g/mol. The van der Waals surface area contributed by atoms with E-state index in [0.717, 1.165) is 9.48 Å². The average molecular weight is 291 g/mol. The summed E-state index contributed by atoms with van der Waals surface area (Å²) in [5, 5.41) is 1.14. The number of rotatable bonds is 2. The third-order valence-electron chi connectivity index (χ3n) is 2.34. The van der Waals surface area contributed by atoms with Crippen LogP contribution in [-0.4, -0.2) is 5.91 Å². The molecule has 3 nitrogen and oxygen atoms in total. The molecule has 0 saturated carbocycles. The van der Waals surface area contributed by atoms with Gasteiger partial charge in [0.05, 0.1) is 5.69 Å². The highest BCUT2D eigenvalue weighted by Gasteiger charge is 2.13. The van der Waals surface area contributed by atoms with Gasteiger partial charge in [-0.25, -0.2) is 10.9 Å². The number of nitrogens with zero attached hydrogens (tertiary/aromatic N) is 1. The molecule has 2 rings (SSSR count). The first-order valence-corrected chi connectivity index (χ1v) is 5.87. The van der Waals surface area contributed by atoms with Crippen LogP contribution in [0.1, 0.15) is 10.4 Å². The molecule has 1 amide bonds. The highest BCUT2D eigenvalue weighted by atomic mass is 79.9. The van der Waals surface area contributed by atoms with E-state index in [1.165, 1.54) is 0 Å². The summed E-state index contributed by atoms with van der Waals surface area (Å²) in [5.41, 5.74) is 1.22. The Morgan fingerprint density at radius 2 is 1.59 bits per heavy atom. The Balaban J connectivity index is 2.23. The van der Waals surface area contributed by atoms with Crippen LogP contribution in [0.25, 0.3) is 0 Å². The summed E-state index contributed by atoms with van der Waals surface area (Å²) < 4.78 is 0.946. The van der Waals surface area contributed by atoms with Gasteiger partial charge in [0.2, 0.25) is 0 Å². The molecule has 0 aromatic heterocycles. The Hall–Kier alpha value is -1.65. The van der Waals surface area contributed by atoms with Gasteiger partial charge in [-0.05, 0) is 36.4 Å². The summed E-state index contributed by atoms with van der Waals surface area (Å²) in [6, 6.07) is 16.2. The van der Waals surface area contributed by atoms with Crippen molar-refractivity contribution in [3.8, 4) is 0 Å². The van der Waals surface area contributed by atoms with Gasteiger partial charge >= 0.3 is 0 Å². The molecule has 0 bridgehead atoms. The van der Waals surface area contributed by atoms with Crippen molar-refractivity contribution in [2.45, 2.75) is 0 Å². The van der Waals surface area contributed by atoms with E-state index in [0.29, 0.717) is 11.3 Å². The summed E-state index contributed by atoms with van der Waals surface area (Å²) in [6.45, 7) is 0. The number of benzene rings is 2. The van der Waals surface area contributed by atoms with Crippen LogP contribution in [0.4, 0.5) is 5.69 Å². The van der Waals surface area contributed by atoms with Crippen LogP contribution >= 0.6 is 15.9 Å². The SMILES string of the molecule is NN(C(=O)c1ccccc1)c1ccc(Br)cc1. The molecule has 0 atom stereocenters. The number of anilines is 1. The Morgan fingerprint density at radius 3 is 2.18 bits per heavy atom. The van der Waals surface area contributed by atoms with Gasteiger partial charge in [0.1, 0.15) is 0 Å². The number of carbonyl (C=O) groups is 1. The third-order valence-corrected chi connectivity index (χ3v) is 2.87. The first kappa shape index (κ1) is 11.8. The number of carbonyl (C=O) groups excluding carboxylic acids is 1. The highest BCUT2D eigenvalue weighted by Crippen LogP contribution is 2.17. The molecule has 4 heteroatoms. The number of hydrogen-bond acceptors (Lipinski definition) is 2.